The first-order chi connectivity index (χ1) is 22.2. The average molecular weight is 581 g/mol. The molecule has 2 heterocycles. The van der Waals surface area contributed by atoms with E-state index in [1.165, 1.54) is 91.8 Å². The molecule has 1 aliphatic carbocycles. The summed E-state index contributed by atoms with van der Waals surface area (Å²) in [5, 5.41) is 5.22. The molecule has 2 nitrogen and oxygen atoms in total. The molecule has 0 N–H and O–H groups in total. The first-order valence-corrected chi connectivity index (χ1v) is 16.4. The van der Waals surface area contributed by atoms with Crippen molar-refractivity contribution in [2.24, 2.45) is 5.92 Å². The lowest BCUT2D eigenvalue weighted by Gasteiger charge is -2.41. The van der Waals surface area contributed by atoms with Crippen molar-refractivity contribution in [3.63, 3.8) is 0 Å². The summed E-state index contributed by atoms with van der Waals surface area (Å²) in [6.45, 7) is 2.44. The standard InChI is InChI=1S/C43H36N2/c1-30-11-10-28-43(29-30,31-20-24-33(25-21-31)44-39-16-6-2-12-35(39)36-13-3-7-17-40(36)44)32-22-26-34(27-23-32)45-41-18-8-4-14-37(41)38-15-5-9-19-42(38)45/h2-9,12-27,30H,10-11,28-29H2,1H3. The van der Waals surface area contributed by atoms with Crippen LogP contribution < -0.4 is 0 Å². The molecule has 8 aromatic rings. The first kappa shape index (κ1) is 26.3. The molecule has 1 saturated carbocycles. The Morgan fingerprint density at radius 1 is 0.467 bits per heavy atom. The van der Waals surface area contributed by atoms with Gasteiger partial charge in [-0.15, -0.1) is 0 Å². The van der Waals surface area contributed by atoms with Gasteiger partial charge < -0.3 is 9.13 Å². The van der Waals surface area contributed by atoms with E-state index >= 15 is 0 Å². The van der Waals surface area contributed by atoms with E-state index in [4.69, 9.17) is 0 Å². The number of aromatic nitrogens is 2. The smallest absolute Gasteiger partial charge is 0.0541 e. The summed E-state index contributed by atoms with van der Waals surface area (Å²) < 4.78 is 4.84. The summed E-state index contributed by atoms with van der Waals surface area (Å²) in [7, 11) is 0. The Morgan fingerprint density at radius 2 is 0.822 bits per heavy atom. The van der Waals surface area contributed by atoms with E-state index in [9.17, 15) is 0 Å². The quantitative estimate of drug-likeness (QED) is 0.196. The summed E-state index contributed by atoms with van der Waals surface area (Å²) in [5.74, 6) is 0.688. The Kier molecular flexibility index (Phi) is 5.99. The fraction of sp³-hybridized carbons (Fsp3) is 0.163. The highest BCUT2D eigenvalue weighted by molar-refractivity contribution is 6.10. The summed E-state index contributed by atoms with van der Waals surface area (Å²) >= 11 is 0. The number of fused-ring (bicyclic) bond motifs is 6. The summed E-state index contributed by atoms with van der Waals surface area (Å²) in [6.07, 6.45) is 4.92. The highest BCUT2D eigenvalue weighted by atomic mass is 15.0. The van der Waals surface area contributed by atoms with E-state index in [-0.39, 0.29) is 5.41 Å². The van der Waals surface area contributed by atoms with Crippen LogP contribution in [0.5, 0.6) is 0 Å². The van der Waals surface area contributed by atoms with Gasteiger partial charge in [0.1, 0.15) is 0 Å². The van der Waals surface area contributed by atoms with Gasteiger partial charge in [0.2, 0.25) is 0 Å². The second-order valence-corrected chi connectivity index (χ2v) is 13.1. The lowest BCUT2D eigenvalue weighted by molar-refractivity contribution is 0.272. The molecule has 0 bridgehead atoms. The van der Waals surface area contributed by atoms with Gasteiger partial charge in [0.15, 0.2) is 0 Å². The molecule has 2 heteroatoms. The summed E-state index contributed by atoms with van der Waals surface area (Å²) in [6, 6.07) is 54.1. The first-order valence-electron chi connectivity index (χ1n) is 16.4. The number of hydrogen-bond donors (Lipinski definition) is 0. The van der Waals surface area contributed by atoms with Gasteiger partial charge in [-0.1, -0.05) is 117 Å². The molecule has 0 radical (unpaired) electrons. The highest BCUT2D eigenvalue weighted by Crippen LogP contribution is 2.47. The van der Waals surface area contributed by atoms with Crippen LogP contribution in [0.1, 0.15) is 43.7 Å². The Morgan fingerprint density at radius 3 is 1.18 bits per heavy atom. The van der Waals surface area contributed by atoms with Crippen molar-refractivity contribution in [2.75, 3.05) is 0 Å². The number of para-hydroxylation sites is 4. The monoisotopic (exact) mass is 580 g/mol. The molecule has 218 valence electrons. The van der Waals surface area contributed by atoms with E-state index in [1.54, 1.807) is 0 Å². The molecule has 1 atom stereocenters. The number of benzene rings is 6. The number of nitrogens with zero attached hydrogens (tertiary/aromatic N) is 2. The minimum Gasteiger partial charge on any atom is -0.309 e. The molecule has 2 aromatic heterocycles. The van der Waals surface area contributed by atoms with Crippen molar-refractivity contribution in [1.29, 1.82) is 0 Å². The van der Waals surface area contributed by atoms with Crippen molar-refractivity contribution in [1.82, 2.24) is 9.13 Å². The Labute approximate surface area is 264 Å². The lowest BCUT2D eigenvalue weighted by Crippen LogP contribution is -2.33. The fourth-order valence-electron chi connectivity index (χ4n) is 8.50. The molecule has 0 saturated heterocycles. The molecular weight excluding hydrogens is 544 g/mol. The molecule has 0 amide bonds. The van der Waals surface area contributed by atoms with Crippen LogP contribution >= 0.6 is 0 Å². The van der Waals surface area contributed by atoms with E-state index in [1.807, 2.05) is 0 Å². The van der Waals surface area contributed by atoms with Gasteiger partial charge in [-0.2, -0.15) is 0 Å². The predicted molar refractivity (Wildman–Crippen MR) is 190 cm³/mol. The van der Waals surface area contributed by atoms with Crippen LogP contribution in [-0.4, -0.2) is 9.13 Å². The zero-order valence-electron chi connectivity index (χ0n) is 25.7. The minimum absolute atomic E-state index is 0.0103. The zero-order chi connectivity index (χ0) is 30.0. The van der Waals surface area contributed by atoms with Crippen LogP contribution in [0.25, 0.3) is 55.0 Å². The van der Waals surface area contributed by atoms with Crippen molar-refractivity contribution in [3.8, 4) is 11.4 Å². The van der Waals surface area contributed by atoms with Gasteiger partial charge in [0.25, 0.3) is 0 Å². The summed E-state index contributed by atoms with van der Waals surface area (Å²) in [4.78, 5) is 0. The Hall–Kier alpha value is -5.08. The molecule has 1 unspecified atom stereocenters. The normalized spacial score (nSPS) is 16.6. The minimum atomic E-state index is 0.0103. The molecule has 1 aliphatic rings. The van der Waals surface area contributed by atoms with Crippen molar-refractivity contribution in [2.45, 2.75) is 38.0 Å². The summed E-state index contributed by atoms with van der Waals surface area (Å²) in [5.41, 5.74) is 10.3. The maximum atomic E-state index is 2.44. The van der Waals surface area contributed by atoms with Crippen LogP contribution in [0.3, 0.4) is 0 Å². The van der Waals surface area contributed by atoms with Crippen molar-refractivity contribution >= 4 is 43.6 Å². The third-order valence-corrected chi connectivity index (χ3v) is 10.5. The molecule has 45 heavy (non-hydrogen) atoms. The third kappa shape index (κ3) is 4.02. The van der Waals surface area contributed by atoms with Gasteiger partial charge >= 0.3 is 0 Å². The van der Waals surface area contributed by atoms with Gasteiger partial charge in [0.05, 0.1) is 22.1 Å². The molecule has 1 fully saturated rings. The van der Waals surface area contributed by atoms with Crippen LogP contribution in [0.2, 0.25) is 0 Å². The second kappa shape index (κ2) is 10.2. The largest absolute Gasteiger partial charge is 0.309 e. The Balaban J connectivity index is 1.15. The van der Waals surface area contributed by atoms with Crippen molar-refractivity contribution in [3.05, 3.63) is 157 Å². The molecule has 9 rings (SSSR count). The topological polar surface area (TPSA) is 9.86 Å². The fourth-order valence-corrected chi connectivity index (χ4v) is 8.50. The van der Waals surface area contributed by atoms with Gasteiger partial charge in [-0.05, 0) is 78.4 Å². The van der Waals surface area contributed by atoms with E-state index < -0.39 is 0 Å². The van der Waals surface area contributed by atoms with Gasteiger partial charge in [-0.25, -0.2) is 0 Å². The average Bonchev–Trinajstić information content (AvgIpc) is 3.62. The highest BCUT2D eigenvalue weighted by Gasteiger charge is 2.38. The van der Waals surface area contributed by atoms with E-state index in [2.05, 4.69) is 162 Å². The van der Waals surface area contributed by atoms with E-state index in [0.717, 1.165) is 0 Å². The second-order valence-electron chi connectivity index (χ2n) is 13.1. The molecule has 6 aromatic carbocycles. The van der Waals surface area contributed by atoms with Crippen molar-refractivity contribution < 1.29 is 0 Å². The van der Waals surface area contributed by atoms with E-state index in [0.29, 0.717) is 5.92 Å². The van der Waals surface area contributed by atoms with Crippen LogP contribution in [-0.2, 0) is 5.41 Å². The van der Waals surface area contributed by atoms with Crippen LogP contribution in [0.15, 0.2) is 146 Å². The third-order valence-electron chi connectivity index (χ3n) is 10.5. The maximum absolute atomic E-state index is 2.44. The van der Waals surface area contributed by atoms with Crippen LogP contribution in [0, 0.1) is 5.92 Å². The molecule has 0 spiro atoms. The number of rotatable bonds is 4. The predicted octanol–water partition coefficient (Wildman–Crippen LogP) is 11.4. The lowest BCUT2D eigenvalue weighted by atomic mass is 9.62. The molecular formula is C43H36N2. The number of hydrogen-bond acceptors (Lipinski definition) is 0. The molecule has 0 aliphatic heterocycles. The zero-order valence-corrected chi connectivity index (χ0v) is 25.7. The SMILES string of the molecule is CC1CCCC(c2ccc(-n3c4ccccc4c4ccccc43)cc2)(c2ccc(-n3c4ccccc4c4ccccc43)cc2)C1. The maximum Gasteiger partial charge on any atom is 0.0541 e. The van der Waals surface area contributed by atoms with Gasteiger partial charge in [-0.3, -0.25) is 0 Å². The van der Waals surface area contributed by atoms with Crippen LogP contribution in [0.4, 0.5) is 0 Å². The Bertz CT molecular complexity index is 2070. The van der Waals surface area contributed by atoms with Gasteiger partial charge in [0, 0.05) is 38.3 Å².